The second-order valence-corrected chi connectivity index (χ2v) is 7.19. The smallest absolute Gasteiger partial charge is 0 e. The van der Waals surface area contributed by atoms with Crippen LogP contribution >= 0.6 is 0 Å². The SMILES string of the molecule is CCCCCCCCCCCCCCCCCc1ccccc1.[Na]. The van der Waals surface area contributed by atoms with Crippen LogP contribution in [0.15, 0.2) is 30.3 Å². The Kier molecular flexibility index (Phi) is 19.7. The van der Waals surface area contributed by atoms with E-state index in [0.29, 0.717) is 0 Å². The van der Waals surface area contributed by atoms with Gasteiger partial charge >= 0.3 is 0 Å². The van der Waals surface area contributed by atoms with E-state index in [0.717, 1.165) is 0 Å². The molecule has 0 heterocycles. The zero-order valence-corrected chi connectivity index (χ0v) is 18.7. The van der Waals surface area contributed by atoms with E-state index in [1.165, 1.54) is 108 Å². The van der Waals surface area contributed by atoms with E-state index in [4.69, 9.17) is 0 Å². The molecule has 0 aliphatic carbocycles. The Labute approximate surface area is 174 Å². The monoisotopic (exact) mass is 339 g/mol. The Morgan fingerprint density at radius 3 is 1.29 bits per heavy atom. The van der Waals surface area contributed by atoms with Gasteiger partial charge in [-0.1, -0.05) is 127 Å². The number of hydrogen-bond donors (Lipinski definition) is 0. The van der Waals surface area contributed by atoms with Crippen molar-refractivity contribution >= 4 is 29.6 Å². The fourth-order valence-corrected chi connectivity index (χ4v) is 3.35. The maximum Gasteiger partial charge on any atom is 0 e. The number of benzene rings is 1. The predicted molar refractivity (Wildman–Crippen MR) is 111 cm³/mol. The van der Waals surface area contributed by atoms with E-state index in [-0.39, 0.29) is 29.6 Å². The van der Waals surface area contributed by atoms with E-state index in [1.54, 1.807) is 0 Å². The van der Waals surface area contributed by atoms with Crippen molar-refractivity contribution in [2.45, 2.75) is 110 Å². The summed E-state index contributed by atoms with van der Waals surface area (Å²) >= 11 is 0. The van der Waals surface area contributed by atoms with Gasteiger partial charge in [-0.3, -0.25) is 0 Å². The molecule has 0 fully saturated rings. The predicted octanol–water partition coefficient (Wildman–Crippen LogP) is 7.72. The summed E-state index contributed by atoms with van der Waals surface area (Å²) < 4.78 is 0. The zero-order valence-electron chi connectivity index (χ0n) is 16.7. The molecule has 0 saturated carbocycles. The molecule has 1 aromatic carbocycles. The Hall–Kier alpha value is 0.220. The first-order chi connectivity index (χ1) is 11.4. The third-order valence-corrected chi connectivity index (χ3v) is 4.91. The first-order valence-corrected chi connectivity index (χ1v) is 10.5. The van der Waals surface area contributed by atoms with Gasteiger partial charge in [-0.05, 0) is 18.4 Å². The van der Waals surface area contributed by atoms with Crippen LogP contribution in [0.5, 0.6) is 0 Å². The van der Waals surface area contributed by atoms with E-state index in [2.05, 4.69) is 37.3 Å². The van der Waals surface area contributed by atoms with Crippen molar-refractivity contribution in [3.05, 3.63) is 35.9 Å². The van der Waals surface area contributed by atoms with Gasteiger partial charge in [0, 0.05) is 29.6 Å². The van der Waals surface area contributed by atoms with E-state index < -0.39 is 0 Å². The molecule has 0 spiro atoms. The van der Waals surface area contributed by atoms with Crippen molar-refractivity contribution in [1.29, 1.82) is 0 Å². The molecule has 133 valence electrons. The fraction of sp³-hybridized carbons (Fsp3) is 0.739. The fourth-order valence-electron chi connectivity index (χ4n) is 3.35. The van der Waals surface area contributed by atoms with Crippen LogP contribution in [0.4, 0.5) is 0 Å². The molecular formula is C23H40Na. The maximum absolute atomic E-state index is 2.29. The van der Waals surface area contributed by atoms with Gasteiger partial charge in [0.05, 0.1) is 0 Å². The summed E-state index contributed by atoms with van der Waals surface area (Å²) in [5.41, 5.74) is 1.50. The summed E-state index contributed by atoms with van der Waals surface area (Å²) in [4.78, 5) is 0. The molecule has 0 aromatic heterocycles. The van der Waals surface area contributed by atoms with Crippen LogP contribution in [0.25, 0.3) is 0 Å². The van der Waals surface area contributed by atoms with Crippen LogP contribution < -0.4 is 0 Å². The van der Waals surface area contributed by atoms with Gasteiger partial charge < -0.3 is 0 Å². The summed E-state index contributed by atoms with van der Waals surface area (Å²) in [7, 11) is 0. The minimum Gasteiger partial charge on any atom is -0.0654 e. The molecule has 0 saturated heterocycles. The van der Waals surface area contributed by atoms with Crippen molar-refractivity contribution in [2.75, 3.05) is 0 Å². The van der Waals surface area contributed by atoms with E-state index >= 15 is 0 Å². The molecule has 24 heavy (non-hydrogen) atoms. The minimum absolute atomic E-state index is 0. The zero-order chi connectivity index (χ0) is 16.4. The van der Waals surface area contributed by atoms with Crippen molar-refractivity contribution in [2.24, 2.45) is 0 Å². The number of unbranched alkanes of at least 4 members (excludes halogenated alkanes) is 14. The number of aryl methyl sites for hydroxylation is 1. The summed E-state index contributed by atoms with van der Waals surface area (Å²) in [6, 6.07) is 10.9. The molecule has 0 nitrogen and oxygen atoms in total. The average Bonchev–Trinajstić information content (AvgIpc) is 2.59. The Morgan fingerprint density at radius 1 is 0.500 bits per heavy atom. The molecular weight excluding hydrogens is 299 g/mol. The van der Waals surface area contributed by atoms with Gasteiger partial charge in [0.25, 0.3) is 0 Å². The Morgan fingerprint density at radius 2 is 0.875 bits per heavy atom. The van der Waals surface area contributed by atoms with E-state index in [9.17, 15) is 0 Å². The van der Waals surface area contributed by atoms with Crippen molar-refractivity contribution in [3.8, 4) is 0 Å². The van der Waals surface area contributed by atoms with Crippen LogP contribution in [-0.2, 0) is 6.42 Å². The quantitative estimate of drug-likeness (QED) is 0.213. The van der Waals surface area contributed by atoms with Crippen LogP contribution in [0.2, 0.25) is 0 Å². The molecule has 0 aliphatic heterocycles. The first-order valence-electron chi connectivity index (χ1n) is 10.5. The van der Waals surface area contributed by atoms with Crippen LogP contribution in [0, 0.1) is 0 Å². The van der Waals surface area contributed by atoms with Crippen LogP contribution in [-0.4, -0.2) is 29.6 Å². The van der Waals surface area contributed by atoms with Gasteiger partial charge in [0.15, 0.2) is 0 Å². The van der Waals surface area contributed by atoms with Crippen molar-refractivity contribution in [1.82, 2.24) is 0 Å². The van der Waals surface area contributed by atoms with Gasteiger partial charge in [-0.25, -0.2) is 0 Å². The Balaban J connectivity index is 0.00000529. The molecule has 0 unspecified atom stereocenters. The normalized spacial score (nSPS) is 10.5. The second-order valence-electron chi connectivity index (χ2n) is 7.19. The first kappa shape index (κ1) is 24.2. The van der Waals surface area contributed by atoms with Gasteiger partial charge in [-0.15, -0.1) is 0 Å². The van der Waals surface area contributed by atoms with Crippen molar-refractivity contribution in [3.63, 3.8) is 0 Å². The van der Waals surface area contributed by atoms with Crippen molar-refractivity contribution < 1.29 is 0 Å². The molecule has 1 rings (SSSR count). The summed E-state index contributed by atoms with van der Waals surface area (Å²) in [6.07, 6.45) is 22.9. The van der Waals surface area contributed by atoms with Crippen LogP contribution in [0.1, 0.15) is 109 Å². The van der Waals surface area contributed by atoms with Gasteiger partial charge in [-0.2, -0.15) is 0 Å². The molecule has 0 bridgehead atoms. The third-order valence-electron chi connectivity index (χ3n) is 4.91. The molecule has 0 amide bonds. The van der Waals surface area contributed by atoms with Gasteiger partial charge in [0.2, 0.25) is 0 Å². The van der Waals surface area contributed by atoms with Gasteiger partial charge in [0.1, 0.15) is 0 Å². The minimum atomic E-state index is 0. The topological polar surface area (TPSA) is 0 Å². The molecule has 0 atom stereocenters. The summed E-state index contributed by atoms with van der Waals surface area (Å²) in [5, 5.41) is 0. The average molecular weight is 340 g/mol. The summed E-state index contributed by atoms with van der Waals surface area (Å²) in [6.45, 7) is 2.29. The maximum atomic E-state index is 2.29. The second kappa shape index (κ2) is 19.5. The standard InChI is InChI=1S/C23H40.Na/c1-2-3-4-5-6-7-8-9-10-11-12-13-14-15-17-20-23-21-18-16-19-22-23;/h16,18-19,21-22H,2-15,17,20H2,1H3;. The number of rotatable bonds is 16. The molecule has 1 heteroatoms. The molecule has 0 N–H and O–H groups in total. The molecule has 1 radical (unpaired) electrons. The number of hydrogen-bond acceptors (Lipinski definition) is 0. The third kappa shape index (κ3) is 15.7. The van der Waals surface area contributed by atoms with E-state index in [1.807, 2.05) is 0 Å². The Bertz CT molecular complexity index is 333. The molecule has 1 aromatic rings. The largest absolute Gasteiger partial charge is 0.0654 e. The summed E-state index contributed by atoms with van der Waals surface area (Å²) in [5.74, 6) is 0. The molecule has 0 aliphatic rings. The van der Waals surface area contributed by atoms with Crippen LogP contribution in [0.3, 0.4) is 0 Å².